The van der Waals surface area contributed by atoms with Crippen molar-refractivity contribution in [3.8, 4) is 57.5 Å². The van der Waals surface area contributed by atoms with Crippen molar-refractivity contribution in [3.05, 3.63) is 265 Å². The minimum Gasteiger partial charge on any atom is -0.494 e. The molecule has 110 heavy (non-hydrogen) atoms. The first-order valence-electron chi connectivity index (χ1n) is 32.6. The normalized spacial score (nSPS) is 9.73. The molecule has 0 saturated heterocycles. The first kappa shape index (κ1) is 98.8. The molecule has 0 heterocycles. The number of hydrogen-bond donors (Lipinski definition) is 0. The van der Waals surface area contributed by atoms with E-state index in [0.29, 0.717) is 139 Å². The van der Waals surface area contributed by atoms with Crippen molar-refractivity contribution in [2.24, 2.45) is 0 Å². The maximum absolute atomic E-state index is 12.0. The highest BCUT2D eigenvalue weighted by molar-refractivity contribution is 7.81. The molecule has 0 aliphatic heterocycles. The summed E-state index contributed by atoms with van der Waals surface area (Å²) in [5.41, 5.74) is 2.21. The highest BCUT2D eigenvalue weighted by Gasteiger charge is 2.16. The third kappa shape index (κ3) is 34.3. The summed E-state index contributed by atoms with van der Waals surface area (Å²) >= 11 is 54.4. The van der Waals surface area contributed by atoms with E-state index < -0.39 is 29.8 Å². The van der Waals surface area contributed by atoms with E-state index in [9.17, 15) is 24.0 Å². The summed E-state index contributed by atoms with van der Waals surface area (Å²) in [5, 5.41) is 1.94. The van der Waals surface area contributed by atoms with Crippen molar-refractivity contribution in [1.29, 1.82) is 0 Å². The number of benzene rings is 10. The fraction of sp³-hybridized carbons (Fsp3) is 0.188. The lowest BCUT2D eigenvalue weighted by Gasteiger charge is -2.07. The molecule has 0 spiro atoms. The highest BCUT2D eigenvalue weighted by atomic mass is 35.5. The van der Waals surface area contributed by atoms with E-state index in [0.717, 1.165) is 60.9 Å². The second-order valence-corrected chi connectivity index (χ2v) is 26.0. The lowest BCUT2D eigenvalue weighted by atomic mass is 10.2. The molecule has 0 amide bonds. The Hall–Kier alpha value is -9.25. The summed E-state index contributed by atoms with van der Waals surface area (Å²) in [4.78, 5) is 62.6. The number of esters is 5. The molecule has 10 rings (SSSR count). The van der Waals surface area contributed by atoms with E-state index >= 15 is 0 Å². The number of ether oxygens (including phenoxy) is 10. The zero-order chi connectivity index (χ0) is 76.2. The van der Waals surface area contributed by atoms with Gasteiger partial charge in [0.05, 0.1) is 110 Å². The molecule has 0 unspecified atom stereocenters. The lowest BCUT2D eigenvalue weighted by Crippen LogP contribution is -2.08. The van der Waals surface area contributed by atoms with Gasteiger partial charge in [0.15, 0.2) is 0 Å². The molecule has 0 aliphatic rings. The molecule has 0 atom stereocenters. The Morgan fingerprint density at radius 1 is 0.227 bits per heavy atom. The lowest BCUT2D eigenvalue weighted by molar-refractivity contribution is 0.0725. The van der Waals surface area contributed by atoms with Crippen molar-refractivity contribution in [3.63, 3.8) is 0 Å². The third-order valence-corrected chi connectivity index (χ3v) is 17.3. The van der Waals surface area contributed by atoms with Crippen LogP contribution in [0.2, 0.25) is 25.1 Å². The predicted molar refractivity (Wildman–Crippen MR) is 435 cm³/mol. The predicted octanol–water partition coefficient (Wildman–Crippen LogP) is 25.3. The third-order valence-electron chi connectivity index (χ3n) is 13.4. The second kappa shape index (κ2) is 52.8. The maximum atomic E-state index is 12.0. The largest absolute Gasteiger partial charge is 0.494 e. The fourth-order valence-corrected chi connectivity index (χ4v) is 9.58. The van der Waals surface area contributed by atoms with Gasteiger partial charge in [0, 0.05) is 30.3 Å². The monoisotopic (exact) mass is 1710 g/mol. The van der Waals surface area contributed by atoms with E-state index in [1.807, 2.05) is 34.6 Å². The molecule has 30 heteroatoms. The van der Waals surface area contributed by atoms with Gasteiger partial charge in [-0.15, -0.1) is 0 Å². The van der Waals surface area contributed by atoms with Crippen LogP contribution in [-0.4, -0.2) is 62.9 Å². The summed E-state index contributed by atoms with van der Waals surface area (Å²) in [5.74, 6) is 3.20. The zero-order valence-corrected chi connectivity index (χ0v) is 67.2. The number of rotatable bonds is 25. The molecule has 0 aliphatic carbocycles. The molecule has 0 bridgehead atoms. The van der Waals surface area contributed by atoms with Gasteiger partial charge in [-0.3, -0.25) is 23.5 Å². The Morgan fingerprint density at radius 3 is 0.473 bits per heavy atom. The van der Waals surface area contributed by atoms with Gasteiger partial charge < -0.3 is 47.4 Å². The molecule has 10 aromatic rings. The van der Waals surface area contributed by atoms with Gasteiger partial charge in [0.2, 0.25) is 0 Å². The minimum atomic E-state index is -0.453. The van der Waals surface area contributed by atoms with Gasteiger partial charge >= 0.3 is 29.8 Å². The molecular formula is C80H75Cl5F5O15S5. The first-order valence-corrected chi connectivity index (χ1v) is 36.5. The summed E-state index contributed by atoms with van der Waals surface area (Å²) in [6, 6.07) is 57.9. The molecule has 5 radical (unpaired) electrons. The van der Waals surface area contributed by atoms with E-state index in [4.69, 9.17) is 169 Å². The Labute approximate surface area is 687 Å². The van der Waals surface area contributed by atoms with Crippen LogP contribution in [-0.2, 0) is 0 Å². The zero-order valence-electron chi connectivity index (χ0n) is 59.4. The Balaban J connectivity index is 0.000000680. The second-order valence-electron chi connectivity index (χ2n) is 21.8. The van der Waals surface area contributed by atoms with E-state index in [1.54, 1.807) is 182 Å². The van der Waals surface area contributed by atoms with Crippen molar-refractivity contribution < 1.29 is 94.9 Å². The van der Waals surface area contributed by atoms with Gasteiger partial charge in [0.1, 0.15) is 57.5 Å². The highest BCUT2D eigenvalue weighted by Crippen LogP contribution is 2.31. The summed E-state index contributed by atoms with van der Waals surface area (Å²) in [6.07, 6.45) is 4.67. The molecule has 0 aromatic heterocycles. The maximum Gasteiger partial charge on any atom is 0.343 e. The summed E-state index contributed by atoms with van der Waals surface area (Å²) in [7, 11) is 0. The Bertz CT molecular complexity index is 3810. The van der Waals surface area contributed by atoms with E-state index in [-0.39, 0.29) is 23.5 Å². The van der Waals surface area contributed by atoms with E-state index in [2.05, 4.69) is 0 Å². The van der Waals surface area contributed by atoms with Gasteiger partial charge in [-0.05, 0) is 214 Å². The summed E-state index contributed by atoms with van der Waals surface area (Å²) in [6.45, 7) is 13.4. The number of carbonyl (C=O) groups excluding carboxylic acids is 5. The molecule has 10 aromatic carbocycles. The van der Waals surface area contributed by atoms with Gasteiger partial charge in [-0.1, -0.05) is 156 Å². The molecule has 0 fully saturated rings. The van der Waals surface area contributed by atoms with Gasteiger partial charge in [0.25, 0.3) is 0 Å². The number of halogens is 10. The van der Waals surface area contributed by atoms with Crippen LogP contribution >= 0.6 is 121 Å². The van der Waals surface area contributed by atoms with Crippen LogP contribution in [0, 0.1) is 0 Å². The molecular weight excluding hydrogens is 1630 g/mol. The van der Waals surface area contributed by atoms with Crippen LogP contribution < -0.4 is 47.4 Å². The van der Waals surface area contributed by atoms with Gasteiger partial charge in [-0.25, -0.2) is 24.0 Å². The van der Waals surface area contributed by atoms with Crippen LogP contribution in [0.5, 0.6) is 57.5 Å². The van der Waals surface area contributed by atoms with Gasteiger partial charge in [-0.2, -0.15) is 0 Å². The average molecular weight is 1710 g/mol. The van der Waals surface area contributed by atoms with Crippen LogP contribution in [0.1, 0.15) is 119 Å². The van der Waals surface area contributed by atoms with Crippen molar-refractivity contribution in [1.82, 2.24) is 0 Å². The Morgan fingerprint density at radius 2 is 0.355 bits per heavy atom. The van der Waals surface area contributed by atoms with Crippen LogP contribution in [0.3, 0.4) is 0 Å². The standard InChI is InChI=1S/5C16H14ClO3S.5FH/c5*1-2-9-19-12-5-3-11(4-6-12)16(18)20-13-7-8-15(21)14(17)10-13;;;;;/h5*3-8,10H,2,9H2,1H3;5*1H. The van der Waals surface area contributed by atoms with Crippen LogP contribution in [0.25, 0.3) is 0 Å². The molecule has 15 nitrogen and oxygen atoms in total. The van der Waals surface area contributed by atoms with E-state index in [1.165, 1.54) is 30.3 Å². The Kier molecular flexibility index (Phi) is 47.4. The van der Waals surface area contributed by atoms with Crippen LogP contribution in [0.4, 0.5) is 23.5 Å². The molecule has 0 saturated carbocycles. The average Bonchev–Trinajstić information content (AvgIpc) is 0.874. The quantitative estimate of drug-likeness (QED) is 0.0300. The number of hydrogen-bond acceptors (Lipinski definition) is 15. The SMILES string of the molecule is CCCOc1ccc(C(=O)Oc2ccc([S])c(Cl)c2)cc1.CCCOc1ccc(C(=O)Oc2ccc([S])c(Cl)c2)cc1.CCCOc1ccc(C(=O)Oc2ccc([S])c(Cl)c2)cc1.CCCOc1ccc(C(=O)Oc2ccc([S])c(Cl)c2)cc1.CCCOc1ccc(C(=O)Oc2ccc([S])c(Cl)c2)cc1.F.F.F.F.F. The van der Waals surface area contributed by atoms with Crippen molar-refractivity contribution >= 4 is 151 Å². The molecule has 0 N–H and O–H groups in total. The smallest absolute Gasteiger partial charge is 0.343 e. The first-order chi connectivity index (χ1) is 50.5. The van der Waals surface area contributed by atoms with Crippen LogP contribution in [0.15, 0.2) is 237 Å². The topological polar surface area (TPSA) is 178 Å². The summed E-state index contributed by atoms with van der Waals surface area (Å²) < 4.78 is 53.5. The fourth-order valence-electron chi connectivity index (χ4n) is 8.09. The minimum absolute atomic E-state index is 0. The number of carbonyl (C=O) groups is 5. The molecule has 585 valence electrons. The van der Waals surface area contributed by atoms with Crippen molar-refractivity contribution in [2.75, 3.05) is 33.0 Å². The van der Waals surface area contributed by atoms with Crippen molar-refractivity contribution in [2.45, 2.75) is 91.2 Å².